The van der Waals surface area contributed by atoms with Crippen LogP contribution in [0.5, 0.6) is 0 Å². The van der Waals surface area contributed by atoms with Crippen LogP contribution in [-0.2, 0) is 18.4 Å². The Morgan fingerprint density at radius 3 is 1.72 bits per heavy atom. The van der Waals surface area contributed by atoms with Gasteiger partial charge >= 0.3 is 8.17 Å². The van der Waals surface area contributed by atoms with Crippen LogP contribution in [0.1, 0.15) is 104 Å². The minimum Gasteiger partial charge on any atom is -0.606 e. The number of carbonyl (C=O) groups excluding carboxylic acids is 1. The minimum atomic E-state index is -3.43. The number of unbranched alkanes of at least 4 members (excludes halogenated alkanes) is 12. The second-order valence-corrected chi connectivity index (χ2v) is 9.57. The lowest BCUT2D eigenvalue weighted by Gasteiger charge is -2.30. The number of phosphoric acid groups is 1. The topological polar surface area (TPSA) is 71.1 Å². The lowest BCUT2D eigenvalue weighted by Crippen LogP contribution is -2.39. The highest BCUT2D eigenvalue weighted by Gasteiger charge is 2.34. The summed E-state index contributed by atoms with van der Waals surface area (Å²) in [5.74, 6) is 0.133. The summed E-state index contributed by atoms with van der Waals surface area (Å²) in [4.78, 5) is 26.2. The van der Waals surface area contributed by atoms with Crippen molar-refractivity contribution in [2.75, 3.05) is 32.9 Å². The highest BCUT2D eigenvalue weighted by Crippen LogP contribution is 2.53. The van der Waals surface area contributed by atoms with Gasteiger partial charge in [-0.3, -0.25) is 4.79 Å². The molecule has 0 aromatic rings. The molecule has 7 heteroatoms. The third kappa shape index (κ3) is 13.6. The summed E-state index contributed by atoms with van der Waals surface area (Å²) < 4.78 is 15.5. The van der Waals surface area contributed by atoms with E-state index in [9.17, 15) is 9.69 Å². The number of hydrogen-bond donors (Lipinski definition) is 0. The average Bonchev–Trinajstić information content (AvgIpc) is 2.68. The largest absolute Gasteiger partial charge is 0.606 e. The molecule has 1 aliphatic heterocycles. The van der Waals surface area contributed by atoms with E-state index in [1.54, 1.807) is 11.8 Å². The van der Waals surface area contributed by atoms with Crippen LogP contribution in [0.2, 0.25) is 0 Å². The van der Waals surface area contributed by atoms with Gasteiger partial charge in [-0.25, -0.2) is 0 Å². The summed E-state index contributed by atoms with van der Waals surface area (Å²) in [6.45, 7) is 5.53. The van der Waals surface area contributed by atoms with Gasteiger partial charge in [0.1, 0.15) is 13.2 Å². The standard InChI is InChI=1S/C22H44NO5P/c1-3-5-6-7-8-9-10-11-12-13-14-15-16-17-22(24)23-18-20-27-29(25,26-4-2)28-21-19-23/h3-21H2,1-2H3. The number of nitrogens with zero attached hydrogens (tertiary/aromatic N) is 1. The lowest BCUT2D eigenvalue weighted by molar-refractivity contribution is -0.250. The van der Waals surface area contributed by atoms with Gasteiger partial charge in [-0.2, -0.15) is 13.6 Å². The molecule has 1 heterocycles. The predicted molar refractivity (Wildman–Crippen MR) is 117 cm³/mol. The summed E-state index contributed by atoms with van der Waals surface area (Å²) in [7, 11) is -3.43. The van der Waals surface area contributed by atoms with Gasteiger partial charge in [0.2, 0.25) is 5.91 Å². The first-order chi connectivity index (χ1) is 14.1. The van der Waals surface area contributed by atoms with Gasteiger partial charge in [-0.15, -0.1) is 0 Å². The van der Waals surface area contributed by atoms with Gasteiger partial charge < -0.3 is 9.79 Å². The summed E-state index contributed by atoms with van der Waals surface area (Å²) in [5.41, 5.74) is 0. The molecule has 6 nitrogen and oxygen atoms in total. The Morgan fingerprint density at radius 2 is 1.28 bits per heavy atom. The molecule has 0 atom stereocenters. The molecular formula is C22H44NO5P. The average molecular weight is 434 g/mol. The van der Waals surface area contributed by atoms with Crippen LogP contribution in [-0.4, -0.2) is 43.7 Å². The second-order valence-electron chi connectivity index (χ2n) is 7.90. The first-order valence-corrected chi connectivity index (χ1v) is 13.4. The maximum absolute atomic E-state index is 12.4. The van der Waals surface area contributed by atoms with Gasteiger partial charge in [0.15, 0.2) is 0 Å². The van der Waals surface area contributed by atoms with E-state index in [0.717, 1.165) is 12.8 Å². The highest BCUT2D eigenvalue weighted by molar-refractivity contribution is 7.53. The fraction of sp³-hybridized carbons (Fsp3) is 0.955. The van der Waals surface area contributed by atoms with Crippen molar-refractivity contribution in [3.05, 3.63) is 0 Å². The van der Waals surface area contributed by atoms with Gasteiger partial charge in [0.25, 0.3) is 0 Å². The molecule has 172 valence electrons. The molecule has 0 spiro atoms. The van der Waals surface area contributed by atoms with Crippen molar-refractivity contribution in [2.24, 2.45) is 0 Å². The molecule has 29 heavy (non-hydrogen) atoms. The van der Waals surface area contributed by atoms with Gasteiger partial charge in [-0.05, 0) is 13.3 Å². The molecule has 1 aliphatic rings. The molecular weight excluding hydrogens is 389 g/mol. The molecule has 0 bridgehead atoms. The zero-order valence-corrected chi connectivity index (χ0v) is 19.8. The van der Waals surface area contributed by atoms with Crippen LogP contribution < -0.4 is 4.89 Å². The fourth-order valence-electron chi connectivity index (χ4n) is 3.61. The number of rotatable bonds is 16. The minimum absolute atomic E-state index is 0.133. The number of phosphoric ester groups is 1. The second kappa shape index (κ2) is 17.4. The van der Waals surface area contributed by atoms with Crippen molar-refractivity contribution >= 4 is 14.1 Å². The lowest BCUT2D eigenvalue weighted by atomic mass is 10.0. The molecule has 0 N–H and O–H groups in total. The van der Waals surface area contributed by atoms with E-state index in [4.69, 9.17) is 13.6 Å². The van der Waals surface area contributed by atoms with E-state index in [2.05, 4.69) is 6.92 Å². The molecule has 0 aliphatic carbocycles. The third-order valence-electron chi connectivity index (χ3n) is 5.36. The highest BCUT2D eigenvalue weighted by atomic mass is 31.2. The first kappa shape index (κ1) is 26.8. The molecule has 0 unspecified atom stereocenters. The van der Waals surface area contributed by atoms with Crippen molar-refractivity contribution < 1.29 is 23.3 Å². The maximum Gasteiger partial charge on any atom is 0.379 e. The van der Waals surface area contributed by atoms with Crippen LogP contribution in [0.25, 0.3) is 0 Å². The summed E-state index contributed by atoms with van der Waals surface area (Å²) in [5, 5.41) is 0. The van der Waals surface area contributed by atoms with E-state index >= 15 is 0 Å². The molecule has 1 rings (SSSR count). The Kier molecular flexibility index (Phi) is 16.1. The Labute approximate surface area is 179 Å². The van der Waals surface area contributed by atoms with E-state index in [1.807, 2.05) is 0 Å². The monoisotopic (exact) mass is 433 g/mol. The Bertz CT molecular complexity index is 401. The SMILES string of the molecule is CCCCCCCCCCCCCCCC(=O)N1CCO[P+]([O-])(OCC)OCC1. The van der Waals surface area contributed by atoms with E-state index in [-0.39, 0.29) is 25.7 Å². The van der Waals surface area contributed by atoms with E-state index in [1.165, 1.54) is 70.6 Å². The number of hydrogen-bond acceptors (Lipinski definition) is 5. The molecule has 1 amide bonds. The van der Waals surface area contributed by atoms with Crippen molar-refractivity contribution in [1.29, 1.82) is 0 Å². The Balaban J connectivity index is 1.96. The maximum atomic E-state index is 12.4. The van der Waals surface area contributed by atoms with E-state index in [0.29, 0.717) is 19.5 Å². The summed E-state index contributed by atoms with van der Waals surface area (Å²) in [6.07, 6.45) is 17.5. The number of carbonyl (C=O) groups is 1. The van der Waals surface area contributed by atoms with E-state index < -0.39 is 8.17 Å². The zero-order valence-electron chi connectivity index (χ0n) is 18.9. The van der Waals surface area contributed by atoms with Crippen molar-refractivity contribution in [3.63, 3.8) is 0 Å². The molecule has 0 aromatic heterocycles. The molecule has 0 saturated carbocycles. The first-order valence-electron chi connectivity index (χ1n) is 11.9. The van der Waals surface area contributed by atoms with Crippen LogP contribution in [0, 0.1) is 0 Å². The van der Waals surface area contributed by atoms with Crippen LogP contribution in [0.15, 0.2) is 0 Å². The van der Waals surface area contributed by atoms with Gasteiger partial charge in [-0.1, -0.05) is 84.0 Å². The molecule has 1 fully saturated rings. The van der Waals surface area contributed by atoms with Crippen LogP contribution in [0.3, 0.4) is 0 Å². The van der Waals surface area contributed by atoms with Gasteiger partial charge in [0.05, 0.1) is 6.61 Å². The van der Waals surface area contributed by atoms with Crippen molar-refractivity contribution in [1.82, 2.24) is 4.90 Å². The predicted octanol–water partition coefficient (Wildman–Crippen LogP) is 5.42. The zero-order chi connectivity index (χ0) is 21.2. The molecule has 0 aromatic carbocycles. The summed E-state index contributed by atoms with van der Waals surface area (Å²) >= 11 is 0. The summed E-state index contributed by atoms with van der Waals surface area (Å²) in [6, 6.07) is 0. The third-order valence-corrected chi connectivity index (χ3v) is 6.93. The Morgan fingerprint density at radius 1 is 0.828 bits per heavy atom. The van der Waals surface area contributed by atoms with Gasteiger partial charge in [0, 0.05) is 19.5 Å². The van der Waals surface area contributed by atoms with Crippen molar-refractivity contribution in [3.8, 4) is 0 Å². The fourth-order valence-corrected chi connectivity index (χ4v) is 4.76. The van der Waals surface area contributed by atoms with Crippen LogP contribution >= 0.6 is 8.17 Å². The van der Waals surface area contributed by atoms with Crippen molar-refractivity contribution in [2.45, 2.75) is 104 Å². The smallest absolute Gasteiger partial charge is 0.379 e. The molecule has 1 saturated heterocycles. The van der Waals surface area contributed by atoms with Crippen LogP contribution in [0.4, 0.5) is 0 Å². The normalized spacial score (nSPS) is 17.1. The molecule has 0 radical (unpaired) electrons. The number of amides is 1. The Hall–Kier alpha value is -0.260. The quantitative estimate of drug-likeness (QED) is 0.240.